The second kappa shape index (κ2) is 8.17. The Morgan fingerprint density at radius 3 is 2.58 bits per heavy atom. The number of hydrogen-bond acceptors (Lipinski definition) is 4. The summed E-state index contributed by atoms with van der Waals surface area (Å²) in [6.45, 7) is 3.98. The molecule has 4 nitrogen and oxygen atoms in total. The number of benzene rings is 2. The number of anilines is 2. The van der Waals surface area contributed by atoms with Gasteiger partial charge in [0.1, 0.15) is 0 Å². The van der Waals surface area contributed by atoms with Crippen molar-refractivity contribution in [3.8, 4) is 10.4 Å². The van der Waals surface area contributed by atoms with Crippen LogP contribution in [0.2, 0.25) is 0 Å². The molecule has 2 aromatic carbocycles. The summed E-state index contributed by atoms with van der Waals surface area (Å²) in [6, 6.07) is 17.5. The highest BCUT2D eigenvalue weighted by atomic mass is 32.1. The maximum absolute atomic E-state index is 12.6. The van der Waals surface area contributed by atoms with Gasteiger partial charge >= 0.3 is 0 Å². The number of hydrogen-bond donors (Lipinski definition) is 2. The summed E-state index contributed by atoms with van der Waals surface area (Å²) >= 11 is 1.66. The average Bonchev–Trinajstić information content (AvgIpc) is 3.18. The molecule has 1 heterocycles. The molecule has 0 saturated carbocycles. The van der Waals surface area contributed by atoms with Crippen LogP contribution in [0.1, 0.15) is 22.8 Å². The number of amides is 1. The lowest BCUT2D eigenvalue weighted by Crippen LogP contribution is -2.17. The van der Waals surface area contributed by atoms with Gasteiger partial charge in [-0.1, -0.05) is 31.2 Å². The molecule has 3 aromatic rings. The zero-order chi connectivity index (χ0) is 18.5. The third-order valence-electron chi connectivity index (χ3n) is 4.32. The van der Waals surface area contributed by atoms with E-state index in [1.165, 1.54) is 5.56 Å². The highest BCUT2D eigenvalue weighted by Crippen LogP contribution is 2.30. The SMILES string of the molecule is CCN(C)Cc1ccc(C(=O)Nc2cc(-c3cccs3)ccc2N)cc1. The minimum absolute atomic E-state index is 0.157. The number of nitrogens with one attached hydrogen (secondary N) is 1. The molecule has 0 saturated heterocycles. The van der Waals surface area contributed by atoms with E-state index < -0.39 is 0 Å². The van der Waals surface area contributed by atoms with E-state index in [0.29, 0.717) is 16.9 Å². The number of thiophene rings is 1. The largest absolute Gasteiger partial charge is 0.397 e. The first-order chi connectivity index (χ1) is 12.6. The van der Waals surface area contributed by atoms with Crippen molar-refractivity contribution < 1.29 is 4.79 Å². The van der Waals surface area contributed by atoms with Crippen LogP contribution in [0.25, 0.3) is 10.4 Å². The topological polar surface area (TPSA) is 58.4 Å². The fourth-order valence-electron chi connectivity index (χ4n) is 2.64. The van der Waals surface area contributed by atoms with E-state index in [2.05, 4.69) is 24.2 Å². The number of carbonyl (C=O) groups is 1. The zero-order valence-electron chi connectivity index (χ0n) is 15.0. The van der Waals surface area contributed by atoms with Gasteiger partial charge in [0.25, 0.3) is 5.91 Å². The first kappa shape index (κ1) is 18.2. The quantitative estimate of drug-likeness (QED) is 0.623. The van der Waals surface area contributed by atoms with Crippen LogP contribution in [0, 0.1) is 0 Å². The van der Waals surface area contributed by atoms with Crippen molar-refractivity contribution in [2.45, 2.75) is 13.5 Å². The normalized spacial score (nSPS) is 10.9. The van der Waals surface area contributed by atoms with E-state index >= 15 is 0 Å². The first-order valence-corrected chi connectivity index (χ1v) is 9.47. The van der Waals surface area contributed by atoms with Crippen LogP contribution >= 0.6 is 11.3 Å². The molecule has 0 spiro atoms. The molecular formula is C21H23N3OS. The van der Waals surface area contributed by atoms with E-state index in [-0.39, 0.29) is 5.91 Å². The van der Waals surface area contributed by atoms with Gasteiger partial charge in [0, 0.05) is 17.0 Å². The van der Waals surface area contributed by atoms with E-state index in [1.807, 2.05) is 60.0 Å². The average molecular weight is 366 g/mol. The van der Waals surface area contributed by atoms with Crippen LogP contribution in [0.15, 0.2) is 60.0 Å². The molecule has 1 amide bonds. The molecule has 5 heteroatoms. The van der Waals surface area contributed by atoms with Crippen LogP contribution in [0.5, 0.6) is 0 Å². The zero-order valence-corrected chi connectivity index (χ0v) is 15.8. The second-order valence-corrected chi connectivity index (χ2v) is 7.21. The molecule has 3 rings (SSSR count). The standard InChI is InChI=1S/C21H23N3OS/c1-3-24(2)14-15-6-8-16(9-7-15)21(25)23-19-13-17(10-11-18(19)22)20-5-4-12-26-20/h4-13H,3,14,22H2,1-2H3,(H,23,25). The Kier molecular flexibility index (Phi) is 5.71. The summed E-state index contributed by atoms with van der Waals surface area (Å²) in [7, 11) is 2.07. The third kappa shape index (κ3) is 4.31. The first-order valence-electron chi connectivity index (χ1n) is 8.59. The minimum atomic E-state index is -0.157. The van der Waals surface area contributed by atoms with E-state index in [4.69, 9.17) is 5.73 Å². The lowest BCUT2D eigenvalue weighted by molar-refractivity contribution is 0.102. The molecule has 0 aliphatic rings. The summed E-state index contributed by atoms with van der Waals surface area (Å²) in [5.41, 5.74) is 10.1. The Labute approximate surface area is 158 Å². The lowest BCUT2D eigenvalue weighted by atomic mass is 10.1. The fourth-order valence-corrected chi connectivity index (χ4v) is 3.36. The fraction of sp³-hybridized carbons (Fsp3) is 0.190. The molecule has 0 radical (unpaired) electrons. The molecular weight excluding hydrogens is 342 g/mol. The summed E-state index contributed by atoms with van der Waals surface area (Å²) < 4.78 is 0. The van der Waals surface area contributed by atoms with Crippen molar-refractivity contribution in [2.75, 3.05) is 24.6 Å². The monoisotopic (exact) mass is 365 g/mol. The number of nitrogens with zero attached hydrogens (tertiary/aromatic N) is 1. The highest BCUT2D eigenvalue weighted by molar-refractivity contribution is 7.13. The van der Waals surface area contributed by atoms with Crippen LogP contribution in [-0.2, 0) is 6.54 Å². The van der Waals surface area contributed by atoms with Crippen molar-refractivity contribution in [1.29, 1.82) is 0 Å². The maximum Gasteiger partial charge on any atom is 0.255 e. The van der Waals surface area contributed by atoms with Gasteiger partial charge in [0.2, 0.25) is 0 Å². The van der Waals surface area contributed by atoms with Gasteiger partial charge in [-0.15, -0.1) is 11.3 Å². The Bertz CT molecular complexity index is 873. The predicted molar refractivity (Wildman–Crippen MR) is 111 cm³/mol. The smallest absolute Gasteiger partial charge is 0.255 e. The van der Waals surface area contributed by atoms with E-state index in [9.17, 15) is 4.79 Å². The molecule has 0 aliphatic heterocycles. The second-order valence-electron chi connectivity index (χ2n) is 6.26. The third-order valence-corrected chi connectivity index (χ3v) is 5.23. The Morgan fingerprint density at radius 2 is 1.92 bits per heavy atom. The van der Waals surface area contributed by atoms with E-state index in [0.717, 1.165) is 23.5 Å². The maximum atomic E-state index is 12.6. The van der Waals surface area contributed by atoms with Gasteiger partial charge in [-0.3, -0.25) is 4.79 Å². The highest BCUT2D eigenvalue weighted by Gasteiger charge is 2.10. The van der Waals surface area contributed by atoms with Gasteiger partial charge in [-0.2, -0.15) is 0 Å². The molecule has 0 unspecified atom stereocenters. The van der Waals surface area contributed by atoms with Gasteiger partial charge in [-0.25, -0.2) is 0 Å². The molecule has 1 aromatic heterocycles. The Morgan fingerprint density at radius 1 is 1.15 bits per heavy atom. The van der Waals surface area contributed by atoms with Crippen molar-refractivity contribution in [3.05, 3.63) is 71.1 Å². The number of nitrogens with two attached hydrogens (primary N) is 1. The van der Waals surface area contributed by atoms with E-state index in [1.54, 1.807) is 11.3 Å². The molecule has 0 atom stereocenters. The Hall–Kier alpha value is -2.63. The van der Waals surface area contributed by atoms with Crippen LogP contribution in [0.3, 0.4) is 0 Å². The molecule has 3 N–H and O–H groups in total. The number of nitrogen functional groups attached to an aromatic ring is 1. The van der Waals surface area contributed by atoms with Crippen molar-refractivity contribution >= 4 is 28.6 Å². The summed E-state index contributed by atoms with van der Waals surface area (Å²) in [5, 5.41) is 4.96. The molecule has 26 heavy (non-hydrogen) atoms. The lowest BCUT2D eigenvalue weighted by Gasteiger charge is -2.14. The van der Waals surface area contributed by atoms with Gasteiger partial charge in [-0.05, 0) is 60.4 Å². The molecule has 0 aliphatic carbocycles. The van der Waals surface area contributed by atoms with Crippen LogP contribution in [-0.4, -0.2) is 24.4 Å². The van der Waals surface area contributed by atoms with Crippen molar-refractivity contribution in [2.24, 2.45) is 0 Å². The van der Waals surface area contributed by atoms with Crippen molar-refractivity contribution in [3.63, 3.8) is 0 Å². The summed E-state index contributed by atoms with van der Waals surface area (Å²) in [5.74, 6) is -0.157. The van der Waals surface area contributed by atoms with Gasteiger partial charge in [0.05, 0.1) is 11.4 Å². The molecule has 0 bridgehead atoms. The number of rotatable bonds is 6. The predicted octanol–water partition coefficient (Wildman–Crippen LogP) is 4.70. The molecule has 134 valence electrons. The van der Waals surface area contributed by atoms with Crippen molar-refractivity contribution in [1.82, 2.24) is 4.90 Å². The minimum Gasteiger partial charge on any atom is -0.397 e. The molecule has 0 fully saturated rings. The summed E-state index contributed by atoms with van der Waals surface area (Å²) in [6.07, 6.45) is 0. The van der Waals surface area contributed by atoms with Gasteiger partial charge in [0.15, 0.2) is 0 Å². The van der Waals surface area contributed by atoms with Crippen LogP contribution in [0.4, 0.5) is 11.4 Å². The Balaban J connectivity index is 1.74. The van der Waals surface area contributed by atoms with Gasteiger partial charge < -0.3 is 16.0 Å². The number of carbonyl (C=O) groups excluding carboxylic acids is 1. The summed E-state index contributed by atoms with van der Waals surface area (Å²) in [4.78, 5) is 15.9. The van der Waals surface area contributed by atoms with Crippen LogP contribution < -0.4 is 11.1 Å².